The molecular weight excluding hydrogens is 1070 g/mol. The van der Waals surface area contributed by atoms with E-state index in [4.69, 9.17) is 9.72 Å². The number of pyridine rings is 1. The summed E-state index contributed by atoms with van der Waals surface area (Å²) >= 11 is 0. The zero-order valence-electron chi connectivity index (χ0n) is 44.3. The van der Waals surface area contributed by atoms with Crippen LogP contribution in [0.15, 0.2) is 182 Å². The molecule has 0 aliphatic rings. The summed E-state index contributed by atoms with van der Waals surface area (Å²) in [4.78, 5) is 5.00. The van der Waals surface area contributed by atoms with Gasteiger partial charge in [-0.05, 0) is 91.0 Å². The number of imidazole rings is 1. The van der Waals surface area contributed by atoms with E-state index in [2.05, 4.69) is 279 Å². The maximum absolute atomic E-state index is 7.01. The van der Waals surface area contributed by atoms with Crippen LogP contribution in [0.25, 0.3) is 39.0 Å². The van der Waals surface area contributed by atoms with Crippen LogP contribution in [0.4, 0.5) is 0 Å². The minimum Gasteiger partial charge on any atom is -0.510 e. The van der Waals surface area contributed by atoms with Crippen LogP contribution in [0.1, 0.15) is 128 Å². The summed E-state index contributed by atoms with van der Waals surface area (Å²) in [5.74, 6) is 2.02. The van der Waals surface area contributed by atoms with E-state index in [1.807, 2.05) is 18.3 Å². The molecule has 0 unspecified atom stereocenters. The number of hydrogen-bond donors (Lipinski definition) is 0. The molecule has 10 rings (SSSR count). The molecule has 0 aliphatic carbocycles. The molecule has 0 saturated heterocycles. The zero-order valence-corrected chi connectivity index (χ0v) is 46.6. The molecule has 0 bridgehead atoms. The van der Waals surface area contributed by atoms with Gasteiger partial charge in [0, 0.05) is 61.3 Å². The Balaban J connectivity index is 0.00000656. The van der Waals surface area contributed by atoms with Gasteiger partial charge in [-0.15, -0.1) is 29.8 Å². The molecule has 0 spiro atoms. The molecule has 10 aromatic rings. The molecule has 0 atom stereocenters. The molecule has 0 aliphatic heterocycles. The number of hydrogen-bond acceptors (Lipinski definition) is 2. The van der Waals surface area contributed by atoms with Gasteiger partial charge in [-0.3, -0.25) is 4.57 Å². The standard InChI is InChI=1S/C67H66N4O.Pt/c1-63(2,3)49-35-36-68-61(40-49)71-58-34-23-22-33-56(58)62-57(67(11,12)48-29-20-15-21-30-48)42-55(43-59(62)71)72-54-32-24-31-52(41-54)70-45-69(44-60(70)64(4,5)6)53-38-50(65(7,8)46-25-16-13-17-26-46)37-51(39-53)66(9,10)47-27-18-14-19-28-47;/h13-40,42,44H,1-12H3;/q-2;. The minimum atomic E-state index is -0.410. The Morgan fingerprint density at radius 3 is 1.63 bits per heavy atom. The molecule has 6 heteroatoms. The van der Waals surface area contributed by atoms with E-state index < -0.39 is 5.41 Å². The number of nitrogens with zero attached hydrogens (tertiary/aromatic N) is 4. The first-order chi connectivity index (χ1) is 34.2. The van der Waals surface area contributed by atoms with Gasteiger partial charge in [0.05, 0.1) is 11.4 Å². The number of aromatic nitrogens is 4. The summed E-state index contributed by atoms with van der Waals surface area (Å²) in [5.41, 5.74) is 12.2. The van der Waals surface area contributed by atoms with Crippen molar-refractivity contribution in [2.75, 3.05) is 0 Å². The van der Waals surface area contributed by atoms with E-state index in [0.717, 1.165) is 50.3 Å². The molecular formula is C67H66N4OPt-2. The van der Waals surface area contributed by atoms with Crippen molar-refractivity contribution in [3.63, 3.8) is 0 Å². The van der Waals surface area contributed by atoms with E-state index in [-0.39, 0.29) is 42.7 Å². The van der Waals surface area contributed by atoms with Crippen LogP contribution in [0.5, 0.6) is 11.5 Å². The van der Waals surface area contributed by atoms with E-state index in [1.54, 1.807) is 0 Å². The van der Waals surface area contributed by atoms with E-state index in [0.29, 0.717) is 11.5 Å². The van der Waals surface area contributed by atoms with E-state index >= 15 is 0 Å². The Kier molecular flexibility index (Phi) is 13.5. The molecule has 0 amide bonds. The molecule has 372 valence electrons. The summed E-state index contributed by atoms with van der Waals surface area (Å²) in [5, 5.41) is 2.27. The van der Waals surface area contributed by atoms with E-state index in [9.17, 15) is 0 Å². The molecule has 0 radical (unpaired) electrons. The number of benzene rings is 7. The largest absolute Gasteiger partial charge is 0.510 e. The number of fused-ring (bicyclic) bond motifs is 3. The van der Waals surface area contributed by atoms with Crippen molar-refractivity contribution in [1.29, 1.82) is 0 Å². The molecule has 0 fully saturated rings. The van der Waals surface area contributed by atoms with Crippen LogP contribution in [0.3, 0.4) is 0 Å². The first kappa shape index (κ1) is 51.1. The quantitative estimate of drug-likeness (QED) is 0.0956. The second kappa shape index (κ2) is 19.2. The first-order valence-corrected chi connectivity index (χ1v) is 25.3. The second-order valence-corrected chi connectivity index (χ2v) is 23.1. The van der Waals surface area contributed by atoms with Gasteiger partial charge in [-0.25, -0.2) is 4.98 Å². The first-order valence-electron chi connectivity index (χ1n) is 25.3. The minimum absolute atomic E-state index is 0. The van der Waals surface area contributed by atoms with Crippen molar-refractivity contribution in [3.8, 4) is 28.7 Å². The summed E-state index contributed by atoms with van der Waals surface area (Å²) in [6, 6.07) is 68.2. The number of ether oxygens (including phenoxy) is 1. The van der Waals surface area contributed by atoms with Crippen LogP contribution in [-0.2, 0) is 48.1 Å². The van der Waals surface area contributed by atoms with Crippen LogP contribution < -0.4 is 9.30 Å². The van der Waals surface area contributed by atoms with Crippen LogP contribution in [0, 0.1) is 18.5 Å². The Labute approximate surface area is 447 Å². The third-order valence-electron chi connectivity index (χ3n) is 15.0. The molecule has 0 saturated carbocycles. The van der Waals surface area contributed by atoms with Crippen LogP contribution in [0.2, 0.25) is 0 Å². The average molecular weight is 1140 g/mol. The van der Waals surface area contributed by atoms with Crippen molar-refractivity contribution in [3.05, 3.63) is 245 Å². The average Bonchev–Trinajstić information content (AvgIpc) is 3.98. The van der Waals surface area contributed by atoms with Gasteiger partial charge < -0.3 is 13.9 Å². The fraction of sp³-hybridized carbons (Fsp3) is 0.254. The van der Waals surface area contributed by atoms with Gasteiger partial charge in [0.2, 0.25) is 0 Å². The van der Waals surface area contributed by atoms with Crippen molar-refractivity contribution >= 4 is 21.8 Å². The summed E-state index contributed by atoms with van der Waals surface area (Å²) < 4.78 is 13.6. The fourth-order valence-corrected chi connectivity index (χ4v) is 10.3. The van der Waals surface area contributed by atoms with Gasteiger partial charge in [0.25, 0.3) is 6.33 Å². The third kappa shape index (κ3) is 9.66. The van der Waals surface area contributed by atoms with Gasteiger partial charge >= 0.3 is 0 Å². The predicted octanol–water partition coefficient (Wildman–Crippen LogP) is 16.0. The smallest absolute Gasteiger partial charge is 0.267 e. The van der Waals surface area contributed by atoms with E-state index in [1.165, 1.54) is 33.4 Å². The van der Waals surface area contributed by atoms with Crippen LogP contribution in [-0.4, -0.2) is 14.1 Å². The predicted molar refractivity (Wildman–Crippen MR) is 296 cm³/mol. The molecule has 3 heterocycles. The van der Waals surface area contributed by atoms with Gasteiger partial charge in [-0.1, -0.05) is 209 Å². The SMILES string of the molecule is CC(C)(C)c1ccnc(-n2c3[c-]c(Oc4[c-]c(-n5[c-][n+](-c6cc(C(C)(C)c7ccccc7)cc(C(C)(C)c7ccccc7)c6)cc5C(C)(C)C)ccc4)cc(C(C)(C)c4ccccc4)c3c3ccccc32)c1.[Pt]. The number of para-hydroxylation sites is 1. The normalized spacial score (nSPS) is 12.5. The van der Waals surface area contributed by atoms with Crippen molar-refractivity contribution < 1.29 is 30.4 Å². The third-order valence-corrected chi connectivity index (χ3v) is 15.0. The van der Waals surface area contributed by atoms with Gasteiger partial charge in [-0.2, -0.15) is 12.1 Å². The van der Waals surface area contributed by atoms with Crippen molar-refractivity contribution in [2.24, 2.45) is 0 Å². The number of rotatable bonds is 11. The summed E-state index contributed by atoms with van der Waals surface area (Å²) in [6.07, 6.45) is 7.96. The molecule has 7 aromatic carbocycles. The molecule has 0 N–H and O–H groups in total. The van der Waals surface area contributed by atoms with Crippen LogP contribution >= 0.6 is 0 Å². The monoisotopic (exact) mass is 1140 g/mol. The zero-order chi connectivity index (χ0) is 50.8. The second-order valence-electron chi connectivity index (χ2n) is 23.1. The Hall–Kier alpha value is -6.81. The Morgan fingerprint density at radius 2 is 1.05 bits per heavy atom. The Morgan fingerprint density at radius 1 is 0.493 bits per heavy atom. The molecule has 5 nitrogen and oxygen atoms in total. The van der Waals surface area contributed by atoms with Gasteiger partial charge in [0.1, 0.15) is 5.82 Å². The Bertz CT molecular complexity index is 3520. The van der Waals surface area contributed by atoms with Gasteiger partial charge in [0.15, 0.2) is 0 Å². The topological polar surface area (TPSA) is 35.9 Å². The molecule has 3 aromatic heterocycles. The fourth-order valence-electron chi connectivity index (χ4n) is 10.3. The van der Waals surface area contributed by atoms with Crippen molar-refractivity contribution in [1.82, 2.24) is 14.1 Å². The summed E-state index contributed by atoms with van der Waals surface area (Å²) in [6.45, 7) is 27.4. The summed E-state index contributed by atoms with van der Waals surface area (Å²) in [7, 11) is 0. The molecule has 73 heavy (non-hydrogen) atoms. The maximum Gasteiger partial charge on any atom is 0.267 e. The van der Waals surface area contributed by atoms with Crippen molar-refractivity contribution in [2.45, 2.75) is 110 Å². The maximum atomic E-state index is 7.01.